The minimum atomic E-state index is -1.51. The van der Waals surface area contributed by atoms with Gasteiger partial charge in [0.15, 0.2) is 28.0 Å². The molecule has 2 aromatic carbocycles. The largest absolute Gasteiger partial charge is 0.330 e. The summed E-state index contributed by atoms with van der Waals surface area (Å²) in [4.78, 5) is 2.72. The Hall–Kier alpha value is -1.67. The highest BCUT2D eigenvalue weighted by atomic mass is 79.9. The highest BCUT2D eigenvalue weighted by Crippen LogP contribution is 2.28. The number of benzene rings is 2. The Labute approximate surface area is 129 Å². The van der Waals surface area contributed by atoms with Crippen LogP contribution in [0.15, 0.2) is 28.7 Å². The normalized spacial score (nSPS) is 11.3. The molecule has 0 unspecified atom stereocenters. The molecule has 8 heteroatoms. The number of aromatic amines is 1. The molecule has 2 nitrogen and oxygen atoms in total. The summed E-state index contributed by atoms with van der Waals surface area (Å²) in [6.07, 6.45) is 0. The summed E-state index contributed by atoms with van der Waals surface area (Å²) >= 11 is 8.22. The van der Waals surface area contributed by atoms with E-state index in [1.807, 2.05) is 0 Å². The summed E-state index contributed by atoms with van der Waals surface area (Å²) in [5.41, 5.74) is -0.120. The minimum Gasteiger partial charge on any atom is -0.330 e. The Bertz CT molecular complexity index is 906. The quantitative estimate of drug-likeness (QED) is 0.359. The summed E-state index contributed by atoms with van der Waals surface area (Å²) in [5, 5.41) is 0. The maximum Gasteiger partial charge on any atom is 0.186 e. The monoisotopic (exact) mass is 376 g/mol. The van der Waals surface area contributed by atoms with Crippen LogP contribution in [-0.4, -0.2) is 9.55 Å². The Kier molecular flexibility index (Phi) is 3.37. The highest BCUT2D eigenvalue weighted by molar-refractivity contribution is 9.10. The van der Waals surface area contributed by atoms with E-state index in [1.54, 1.807) is 12.1 Å². The van der Waals surface area contributed by atoms with Crippen molar-refractivity contribution >= 4 is 39.2 Å². The number of fused-ring (bicyclic) bond motifs is 1. The van der Waals surface area contributed by atoms with Gasteiger partial charge in [0.2, 0.25) is 0 Å². The number of aromatic nitrogens is 2. The zero-order valence-electron chi connectivity index (χ0n) is 10.1. The maximum atomic E-state index is 13.9. The van der Waals surface area contributed by atoms with Gasteiger partial charge in [-0.3, -0.25) is 4.57 Å². The first kappa shape index (κ1) is 14.3. The number of H-pyrrole nitrogens is 1. The van der Waals surface area contributed by atoms with Crippen LogP contribution < -0.4 is 0 Å². The molecule has 0 atom stereocenters. The van der Waals surface area contributed by atoms with Crippen LogP contribution >= 0.6 is 28.1 Å². The molecule has 3 rings (SSSR count). The lowest BCUT2D eigenvalue weighted by Gasteiger charge is -2.09. The number of hydrogen-bond donors (Lipinski definition) is 1. The van der Waals surface area contributed by atoms with Crippen LogP contribution in [0.25, 0.3) is 16.7 Å². The van der Waals surface area contributed by atoms with Crippen molar-refractivity contribution in [1.29, 1.82) is 0 Å². The molecule has 1 N–H and O–H groups in total. The third-order valence-electron chi connectivity index (χ3n) is 2.96. The van der Waals surface area contributed by atoms with Gasteiger partial charge < -0.3 is 4.98 Å². The minimum absolute atomic E-state index is 0.0779. The third-order valence-corrected chi connectivity index (χ3v) is 3.74. The molecule has 21 heavy (non-hydrogen) atoms. The van der Waals surface area contributed by atoms with Gasteiger partial charge in [0.1, 0.15) is 5.69 Å². The van der Waals surface area contributed by atoms with E-state index in [1.165, 1.54) is 6.07 Å². The van der Waals surface area contributed by atoms with E-state index >= 15 is 0 Å². The van der Waals surface area contributed by atoms with E-state index in [0.717, 1.165) is 4.57 Å². The van der Waals surface area contributed by atoms with Crippen molar-refractivity contribution in [1.82, 2.24) is 9.55 Å². The first-order chi connectivity index (χ1) is 9.90. The van der Waals surface area contributed by atoms with Gasteiger partial charge in [-0.2, -0.15) is 0 Å². The molecule has 0 aliphatic rings. The number of halogens is 5. The van der Waals surface area contributed by atoms with E-state index < -0.39 is 29.0 Å². The lowest BCUT2D eigenvalue weighted by atomic mass is 10.2. The smallest absolute Gasteiger partial charge is 0.186 e. The lowest BCUT2D eigenvalue weighted by Crippen LogP contribution is -2.06. The van der Waals surface area contributed by atoms with Gasteiger partial charge in [-0.25, -0.2) is 17.6 Å². The van der Waals surface area contributed by atoms with Crippen molar-refractivity contribution in [2.45, 2.75) is 0 Å². The second-order valence-electron chi connectivity index (χ2n) is 4.24. The fourth-order valence-corrected chi connectivity index (χ4v) is 2.70. The van der Waals surface area contributed by atoms with Gasteiger partial charge in [-0.05, 0) is 30.4 Å². The number of imidazole rings is 1. The second kappa shape index (κ2) is 4.96. The Morgan fingerprint density at radius 2 is 1.62 bits per heavy atom. The van der Waals surface area contributed by atoms with Crippen LogP contribution in [0, 0.1) is 28.0 Å². The molecule has 0 radical (unpaired) electrons. The molecule has 1 aromatic heterocycles. The fourth-order valence-electron chi connectivity index (χ4n) is 2.05. The van der Waals surface area contributed by atoms with Crippen LogP contribution in [-0.2, 0) is 0 Å². The van der Waals surface area contributed by atoms with Crippen LogP contribution in [0.2, 0.25) is 0 Å². The summed E-state index contributed by atoms with van der Waals surface area (Å²) in [5.74, 6) is -6.00. The van der Waals surface area contributed by atoms with Crippen LogP contribution in [0.4, 0.5) is 17.6 Å². The van der Waals surface area contributed by atoms with Crippen molar-refractivity contribution in [3.63, 3.8) is 0 Å². The van der Waals surface area contributed by atoms with Gasteiger partial charge >= 0.3 is 0 Å². The second-order valence-corrected chi connectivity index (χ2v) is 5.55. The Morgan fingerprint density at radius 3 is 2.24 bits per heavy atom. The van der Waals surface area contributed by atoms with Crippen molar-refractivity contribution in [3.8, 4) is 5.69 Å². The highest BCUT2D eigenvalue weighted by Gasteiger charge is 2.22. The molecule has 0 fully saturated rings. The van der Waals surface area contributed by atoms with Gasteiger partial charge in [0.05, 0.1) is 11.0 Å². The van der Waals surface area contributed by atoms with Gasteiger partial charge in [-0.1, -0.05) is 15.9 Å². The van der Waals surface area contributed by atoms with E-state index in [-0.39, 0.29) is 16.4 Å². The topological polar surface area (TPSA) is 20.7 Å². The molecule has 0 amide bonds. The van der Waals surface area contributed by atoms with Crippen molar-refractivity contribution < 1.29 is 17.6 Å². The first-order valence-electron chi connectivity index (χ1n) is 5.64. The molecule has 1 heterocycles. The van der Waals surface area contributed by atoms with Crippen LogP contribution in [0.5, 0.6) is 0 Å². The average Bonchev–Trinajstić information content (AvgIpc) is 2.73. The van der Waals surface area contributed by atoms with E-state index in [4.69, 9.17) is 12.2 Å². The standard InChI is InChI=1S/C13H5BrF4N2S/c14-5-1-2-8-9(3-5)20(13(21)19-8)12-10(17)6(15)4-7(16)11(12)18/h1-4H,(H,19,21). The van der Waals surface area contributed by atoms with Crippen molar-refractivity contribution in [2.24, 2.45) is 0 Å². The number of nitrogens with one attached hydrogen (secondary N) is 1. The summed E-state index contributed by atoms with van der Waals surface area (Å²) in [6, 6.07) is 5.00. The molecule has 3 aromatic rings. The van der Waals surface area contributed by atoms with E-state index in [0.29, 0.717) is 9.99 Å². The molecular weight excluding hydrogens is 372 g/mol. The molecule has 0 spiro atoms. The van der Waals surface area contributed by atoms with Gasteiger partial charge in [0.25, 0.3) is 0 Å². The van der Waals surface area contributed by atoms with Crippen LogP contribution in [0.3, 0.4) is 0 Å². The molecule has 0 aliphatic carbocycles. The first-order valence-corrected chi connectivity index (χ1v) is 6.84. The molecule has 0 saturated carbocycles. The zero-order valence-corrected chi connectivity index (χ0v) is 12.5. The van der Waals surface area contributed by atoms with Gasteiger partial charge in [0, 0.05) is 10.5 Å². The van der Waals surface area contributed by atoms with Crippen molar-refractivity contribution in [2.75, 3.05) is 0 Å². The molecule has 0 saturated heterocycles. The number of hydrogen-bond acceptors (Lipinski definition) is 1. The summed E-state index contributed by atoms with van der Waals surface area (Å²) < 4.78 is 56.1. The lowest BCUT2D eigenvalue weighted by molar-refractivity contribution is 0.448. The predicted molar refractivity (Wildman–Crippen MR) is 76.0 cm³/mol. The summed E-state index contributed by atoms with van der Waals surface area (Å²) in [7, 11) is 0. The summed E-state index contributed by atoms with van der Waals surface area (Å²) in [6.45, 7) is 0. The van der Waals surface area contributed by atoms with E-state index in [2.05, 4.69) is 20.9 Å². The maximum absolute atomic E-state index is 13.9. The zero-order chi connectivity index (χ0) is 15.3. The third kappa shape index (κ3) is 2.18. The molecule has 108 valence electrons. The van der Waals surface area contributed by atoms with Gasteiger partial charge in [-0.15, -0.1) is 0 Å². The predicted octanol–water partition coefficient (Wildman–Crippen LogP) is 5.01. The van der Waals surface area contributed by atoms with Crippen molar-refractivity contribution in [3.05, 3.63) is 56.8 Å². The molecule has 0 aliphatic heterocycles. The van der Waals surface area contributed by atoms with Crippen LogP contribution in [0.1, 0.15) is 0 Å². The number of rotatable bonds is 1. The van der Waals surface area contributed by atoms with E-state index in [9.17, 15) is 17.6 Å². The SMILES string of the molecule is Fc1cc(F)c(F)c(-n2c(=S)[nH]c3ccc(Br)cc32)c1F. The fraction of sp³-hybridized carbons (Fsp3) is 0. The number of nitrogens with zero attached hydrogens (tertiary/aromatic N) is 1. The molecule has 0 bridgehead atoms. The Balaban J connectivity index is 2.49. The average molecular weight is 377 g/mol. The Morgan fingerprint density at radius 1 is 1.00 bits per heavy atom. The molecular formula is C13H5BrF4N2S.